The van der Waals surface area contributed by atoms with Crippen LogP contribution in [0.5, 0.6) is 0 Å². The molecule has 0 spiro atoms. The molecule has 3 heterocycles. The zero-order valence-corrected chi connectivity index (χ0v) is 21.3. The van der Waals surface area contributed by atoms with Gasteiger partial charge in [0.1, 0.15) is 6.54 Å². The summed E-state index contributed by atoms with van der Waals surface area (Å²) in [4.78, 5) is 47.2. The van der Waals surface area contributed by atoms with Crippen LogP contribution in [0.4, 0.5) is 5.69 Å². The van der Waals surface area contributed by atoms with Crippen molar-refractivity contribution in [3.63, 3.8) is 0 Å². The van der Waals surface area contributed by atoms with Crippen LogP contribution in [0.25, 0.3) is 0 Å². The van der Waals surface area contributed by atoms with Crippen molar-refractivity contribution in [2.75, 3.05) is 63.8 Å². The lowest BCUT2D eigenvalue weighted by molar-refractivity contribution is -0.137. The second kappa shape index (κ2) is 11.4. The number of aliphatic carboxylic acids is 1. The summed E-state index contributed by atoms with van der Waals surface area (Å²) in [6.45, 7) is 7.61. The molecule has 196 valence electrons. The Balaban J connectivity index is 1.27. The van der Waals surface area contributed by atoms with Gasteiger partial charge in [0.05, 0.1) is 6.42 Å². The van der Waals surface area contributed by atoms with Gasteiger partial charge in [0, 0.05) is 43.3 Å². The molecule has 2 saturated heterocycles. The first-order valence-corrected chi connectivity index (χ1v) is 13.5. The average molecular weight is 505 g/mol. The lowest BCUT2D eigenvalue weighted by Crippen LogP contribution is -2.52. The summed E-state index contributed by atoms with van der Waals surface area (Å²) in [7, 11) is 0. The van der Waals surface area contributed by atoms with Gasteiger partial charge in [-0.1, -0.05) is 36.4 Å². The fourth-order valence-corrected chi connectivity index (χ4v) is 5.98. The smallest absolute Gasteiger partial charge is 0.304 e. The Morgan fingerprint density at radius 1 is 0.811 bits per heavy atom. The molecule has 8 nitrogen and oxygen atoms in total. The molecule has 37 heavy (non-hydrogen) atoms. The Bertz CT molecular complexity index is 1140. The number of nitrogens with zero attached hydrogens (tertiary/aromatic N) is 4. The molecule has 2 amide bonds. The number of carbonyl (C=O) groups excluding carboxylic acids is 2. The number of piperazine rings is 1. The minimum atomic E-state index is -0.926. The van der Waals surface area contributed by atoms with Crippen molar-refractivity contribution >= 4 is 23.5 Å². The van der Waals surface area contributed by atoms with Crippen LogP contribution in [0.3, 0.4) is 0 Å². The number of rotatable bonds is 8. The third-order valence-electron chi connectivity index (χ3n) is 7.96. The molecule has 2 aromatic carbocycles. The molecule has 1 N–H and O–H groups in total. The van der Waals surface area contributed by atoms with Crippen LogP contribution in [0.2, 0.25) is 0 Å². The SMILES string of the molecule is O=C(O)CC1c2ccccc2C(=O)N(CC(=O)N2CCN(CCCN3CCCC3)CC2)c2ccccc21. The molecular formula is C29H36N4O4. The number of hydrogen-bond acceptors (Lipinski definition) is 5. The molecule has 0 saturated carbocycles. The Morgan fingerprint density at radius 3 is 2.14 bits per heavy atom. The zero-order valence-electron chi connectivity index (χ0n) is 21.3. The van der Waals surface area contributed by atoms with E-state index in [-0.39, 0.29) is 24.8 Å². The maximum Gasteiger partial charge on any atom is 0.304 e. The first kappa shape index (κ1) is 25.4. The Labute approximate surface area is 218 Å². The summed E-state index contributed by atoms with van der Waals surface area (Å²) >= 11 is 0. The van der Waals surface area contributed by atoms with Crippen molar-refractivity contribution in [1.29, 1.82) is 0 Å². The lowest BCUT2D eigenvalue weighted by Gasteiger charge is -2.36. The van der Waals surface area contributed by atoms with E-state index in [9.17, 15) is 19.5 Å². The molecule has 3 aliphatic rings. The number of amides is 2. The van der Waals surface area contributed by atoms with Crippen molar-refractivity contribution < 1.29 is 19.5 Å². The summed E-state index contributed by atoms with van der Waals surface area (Å²) < 4.78 is 0. The number of carboxylic acid groups (broad SMARTS) is 1. The van der Waals surface area contributed by atoms with Gasteiger partial charge in [-0.25, -0.2) is 0 Å². The number of benzene rings is 2. The van der Waals surface area contributed by atoms with Crippen LogP contribution in [-0.4, -0.2) is 96.5 Å². The van der Waals surface area contributed by atoms with Crippen LogP contribution >= 0.6 is 0 Å². The largest absolute Gasteiger partial charge is 0.481 e. The van der Waals surface area contributed by atoms with Gasteiger partial charge in [-0.15, -0.1) is 0 Å². The molecule has 3 aliphatic heterocycles. The van der Waals surface area contributed by atoms with Crippen LogP contribution in [-0.2, 0) is 9.59 Å². The number of para-hydroxylation sites is 1. The third-order valence-corrected chi connectivity index (χ3v) is 7.96. The summed E-state index contributed by atoms with van der Waals surface area (Å²) in [6, 6.07) is 14.6. The van der Waals surface area contributed by atoms with E-state index in [0.29, 0.717) is 29.9 Å². The molecule has 8 heteroatoms. The van der Waals surface area contributed by atoms with E-state index in [0.717, 1.165) is 38.2 Å². The molecule has 0 aromatic heterocycles. The second-order valence-corrected chi connectivity index (χ2v) is 10.3. The summed E-state index contributed by atoms with van der Waals surface area (Å²) in [5.41, 5.74) is 2.53. The highest BCUT2D eigenvalue weighted by Gasteiger charge is 2.35. The fraction of sp³-hybridized carbons (Fsp3) is 0.483. The van der Waals surface area contributed by atoms with Crippen LogP contribution in [0.1, 0.15) is 53.1 Å². The molecule has 0 aliphatic carbocycles. The van der Waals surface area contributed by atoms with E-state index in [1.807, 2.05) is 41.3 Å². The Hall–Kier alpha value is -3.23. The summed E-state index contributed by atoms with van der Waals surface area (Å²) in [5.74, 6) is -1.72. The van der Waals surface area contributed by atoms with E-state index < -0.39 is 11.9 Å². The van der Waals surface area contributed by atoms with Crippen molar-refractivity contribution in [3.05, 3.63) is 65.2 Å². The molecule has 1 atom stereocenters. The number of hydrogen-bond donors (Lipinski definition) is 1. The highest BCUT2D eigenvalue weighted by Crippen LogP contribution is 2.40. The number of carbonyl (C=O) groups is 3. The molecule has 0 radical (unpaired) electrons. The van der Waals surface area contributed by atoms with Crippen molar-refractivity contribution in [2.24, 2.45) is 0 Å². The number of likely N-dealkylation sites (tertiary alicyclic amines) is 1. The van der Waals surface area contributed by atoms with E-state index in [1.54, 1.807) is 17.0 Å². The third kappa shape index (κ3) is 5.70. The Morgan fingerprint density at radius 2 is 1.43 bits per heavy atom. The fourth-order valence-electron chi connectivity index (χ4n) is 5.98. The zero-order chi connectivity index (χ0) is 25.8. The van der Waals surface area contributed by atoms with E-state index in [2.05, 4.69) is 9.80 Å². The van der Waals surface area contributed by atoms with E-state index >= 15 is 0 Å². The van der Waals surface area contributed by atoms with Gasteiger partial charge < -0.3 is 14.9 Å². The number of anilines is 1. The molecule has 2 aromatic rings. The summed E-state index contributed by atoms with van der Waals surface area (Å²) in [6.07, 6.45) is 3.67. The van der Waals surface area contributed by atoms with Crippen molar-refractivity contribution in [1.82, 2.24) is 14.7 Å². The molecule has 5 rings (SSSR count). The minimum absolute atomic E-state index is 0.0566. The molecule has 2 fully saturated rings. The average Bonchev–Trinajstić information content (AvgIpc) is 3.41. The monoisotopic (exact) mass is 504 g/mol. The van der Waals surface area contributed by atoms with Gasteiger partial charge in [-0.3, -0.25) is 24.2 Å². The maximum atomic E-state index is 13.7. The van der Waals surface area contributed by atoms with E-state index in [4.69, 9.17) is 0 Å². The summed E-state index contributed by atoms with van der Waals surface area (Å²) in [5, 5.41) is 9.62. The normalized spacial score (nSPS) is 20.4. The minimum Gasteiger partial charge on any atom is -0.481 e. The van der Waals surface area contributed by atoms with Crippen molar-refractivity contribution in [2.45, 2.75) is 31.6 Å². The molecule has 0 bridgehead atoms. The topological polar surface area (TPSA) is 84.4 Å². The van der Waals surface area contributed by atoms with Gasteiger partial charge >= 0.3 is 5.97 Å². The highest BCUT2D eigenvalue weighted by molar-refractivity contribution is 6.11. The van der Waals surface area contributed by atoms with Crippen LogP contribution in [0, 0.1) is 0 Å². The van der Waals surface area contributed by atoms with Crippen LogP contribution in [0.15, 0.2) is 48.5 Å². The predicted molar refractivity (Wildman–Crippen MR) is 142 cm³/mol. The first-order chi connectivity index (χ1) is 18.0. The lowest BCUT2D eigenvalue weighted by atomic mass is 9.86. The van der Waals surface area contributed by atoms with Gasteiger partial charge in [-0.2, -0.15) is 0 Å². The maximum absolute atomic E-state index is 13.7. The molecular weight excluding hydrogens is 468 g/mol. The second-order valence-electron chi connectivity index (χ2n) is 10.3. The quantitative estimate of drug-likeness (QED) is 0.595. The predicted octanol–water partition coefficient (Wildman–Crippen LogP) is 2.88. The highest BCUT2D eigenvalue weighted by atomic mass is 16.4. The van der Waals surface area contributed by atoms with Gasteiger partial charge in [0.25, 0.3) is 5.91 Å². The van der Waals surface area contributed by atoms with Gasteiger partial charge in [-0.05, 0) is 68.7 Å². The number of carboxylic acids is 1. The standard InChI is InChI=1S/C29H36N4O4/c34-27(32-18-16-31(17-19-32)15-7-14-30-12-5-6-13-30)21-33-26-11-4-3-9-23(26)25(20-28(35)36)22-8-1-2-10-24(22)29(33)37/h1-4,8-11,25H,5-7,12-21H2,(H,35,36). The van der Waals surface area contributed by atoms with Crippen LogP contribution < -0.4 is 4.90 Å². The Kier molecular flexibility index (Phi) is 7.86. The first-order valence-electron chi connectivity index (χ1n) is 13.5. The van der Waals surface area contributed by atoms with E-state index in [1.165, 1.54) is 25.9 Å². The van der Waals surface area contributed by atoms with Gasteiger partial charge in [0.2, 0.25) is 5.91 Å². The molecule has 1 unspecified atom stereocenters. The van der Waals surface area contributed by atoms with Gasteiger partial charge in [0.15, 0.2) is 0 Å². The van der Waals surface area contributed by atoms with Crippen molar-refractivity contribution in [3.8, 4) is 0 Å². The number of fused-ring (bicyclic) bond motifs is 2.